The Labute approximate surface area is 209 Å². The van der Waals surface area contributed by atoms with Crippen LogP contribution in [0.2, 0.25) is 0 Å². The monoisotopic (exact) mass is 474 g/mol. The Balaban J connectivity index is 1.41. The molecule has 5 aromatic rings. The third-order valence-corrected chi connectivity index (χ3v) is 6.45. The summed E-state index contributed by atoms with van der Waals surface area (Å²) >= 11 is 0. The van der Waals surface area contributed by atoms with Crippen molar-refractivity contribution >= 4 is 11.3 Å². The maximum Gasteiger partial charge on any atom is 0.188 e. The fourth-order valence-corrected chi connectivity index (χ4v) is 4.38. The first-order chi connectivity index (χ1) is 17.5. The van der Waals surface area contributed by atoms with Gasteiger partial charge in [0.1, 0.15) is 0 Å². The van der Waals surface area contributed by atoms with E-state index in [1.54, 1.807) is 21.6 Å². The fraction of sp³-hybridized carbons (Fsp3) is 0.172. The number of aryl methyl sites for hydroxylation is 1. The smallest absolute Gasteiger partial charge is 0.188 e. The molecule has 0 fully saturated rings. The van der Waals surface area contributed by atoms with Crippen LogP contribution in [0, 0.1) is 11.3 Å². The SMILES string of the molecule is CC(CNC(C(=O)c1cnn2cc(-c3cnn(C)c3)ccc12)c1ccccc1)c1ccc(C#N)cc1. The number of rotatable bonds is 8. The van der Waals surface area contributed by atoms with E-state index in [0.29, 0.717) is 17.7 Å². The molecule has 0 radical (unpaired) electrons. The van der Waals surface area contributed by atoms with E-state index in [4.69, 9.17) is 5.26 Å². The van der Waals surface area contributed by atoms with Gasteiger partial charge in [0.2, 0.25) is 0 Å². The van der Waals surface area contributed by atoms with Crippen molar-refractivity contribution < 1.29 is 4.79 Å². The summed E-state index contributed by atoms with van der Waals surface area (Å²) in [5.41, 5.74) is 5.95. The van der Waals surface area contributed by atoms with Crippen molar-refractivity contribution in [1.29, 1.82) is 5.26 Å². The number of carbonyl (C=O) groups is 1. The summed E-state index contributed by atoms with van der Waals surface area (Å²) in [6.45, 7) is 2.71. The van der Waals surface area contributed by atoms with E-state index in [1.165, 1.54) is 0 Å². The lowest BCUT2D eigenvalue weighted by molar-refractivity contribution is 0.0944. The Hall–Kier alpha value is -4.54. The molecule has 36 heavy (non-hydrogen) atoms. The minimum Gasteiger partial charge on any atom is -0.303 e. The van der Waals surface area contributed by atoms with Gasteiger partial charge >= 0.3 is 0 Å². The Kier molecular flexibility index (Phi) is 6.44. The number of ketones is 1. The zero-order chi connectivity index (χ0) is 25.1. The standard InChI is InChI=1S/C29H26N6O/c1-20(22-10-8-21(14-30)9-11-22)15-31-28(23-6-4-3-5-7-23)29(36)26-17-33-35-19-24(12-13-27(26)35)25-16-32-34(2)18-25/h3-13,16-20,28,31H,15H2,1-2H3. The van der Waals surface area contributed by atoms with Crippen molar-refractivity contribution in [3.63, 3.8) is 0 Å². The Morgan fingerprint density at radius 2 is 1.72 bits per heavy atom. The minimum atomic E-state index is -0.516. The van der Waals surface area contributed by atoms with E-state index in [-0.39, 0.29) is 11.7 Å². The average molecular weight is 475 g/mol. The highest BCUT2D eigenvalue weighted by atomic mass is 16.1. The van der Waals surface area contributed by atoms with Gasteiger partial charge in [-0.25, -0.2) is 4.52 Å². The van der Waals surface area contributed by atoms with Gasteiger partial charge in [0.25, 0.3) is 0 Å². The number of fused-ring (bicyclic) bond motifs is 1. The second-order valence-electron chi connectivity index (χ2n) is 8.96. The first kappa shape index (κ1) is 23.2. The first-order valence-electron chi connectivity index (χ1n) is 11.8. The van der Waals surface area contributed by atoms with E-state index in [2.05, 4.69) is 28.5 Å². The Bertz CT molecular complexity index is 1540. The van der Waals surface area contributed by atoms with Crippen LogP contribution in [0.1, 0.15) is 45.9 Å². The molecule has 0 spiro atoms. The molecule has 2 unspecified atom stereocenters. The molecule has 0 aliphatic rings. The van der Waals surface area contributed by atoms with Gasteiger partial charge in [-0.1, -0.05) is 55.5 Å². The molecule has 5 rings (SSSR count). The van der Waals surface area contributed by atoms with Crippen LogP contribution in [-0.4, -0.2) is 31.7 Å². The largest absolute Gasteiger partial charge is 0.303 e. The highest BCUT2D eigenvalue weighted by molar-refractivity contribution is 6.06. The van der Waals surface area contributed by atoms with Gasteiger partial charge in [0, 0.05) is 37.1 Å². The van der Waals surface area contributed by atoms with Crippen molar-refractivity contribution in [3.8, 4) is 17.2 Å². The van der Waals surface area contributed by atoms with E-state index < -0.39 is 6.04 Å². The number of aromatic nitrogens is 4. The molecule has 1 N–H and O–H groups in total. The number of hydrogen-bond donors (Lipinski definition) is 1. The molecule has 7 nitrogen and oxygen atoms in total. The normalized spacial score (nSPS) is 12.8. The number of carbonyl (C=O) groups excluding carboxylic acids is 1. The number of nitriles is 1. The van der Waals surface area contributed by atoms with Crippen molar-refractivity contribution in [1.82, 2.24) is 24.7 Å². The maximum absolute atomic E-state index is 13.8. The maximum atomic E-state index is 13.8. The summed E-state index contributed by atoms with van der Waals surface area (Å²) in [6, 6.07) is 22.9. The van der Waals surface area contributed by atoms with Gasteiger partial charge < -0.3 is 5.32 Å². The van der Waals surface area contributed by atoms with Gasteiger partial charge in [-0.3, -0.25) is 9.48 Å². The second-order valence-corrected chi connectivity index (χ2v) is 8.96. The van der Waals surface area contributed by atoms with E-state index >= 15 is 0 Å². The summed E-state index contributed by atoms with van der Waals surface area (Å²) in [4.78, 5) is 13.8. The molecule has 2 aromatic carbocycles. The third kappa shape index (κ3) is 4.67. The number of nitrogens with one attached hydrogen (secondary N) is 1. The van der Waals surface area contributed by atoms with Gasteiger partial charge in [-0.15, -0.1) is 0 Å². The lowest BCUT2D eigenvalue weighted by atomic mass is 9.95. The highest BCUT2D eigenvalue weighted by Gasteiger charge is 2.25. The van der Waals surface area contributed by atoms with E-state index in [9.17, 15) is 4.79 Å². The molecule has 0 saturated carbocycles. The quantitative estimate of drug-likeness (QED) is 0.322. The van der Waals surface area contributed by atoms with Crippen LogP contribution in [0.4, 0.5) is 0 Å². The van der Waals surface area contributed by atoms with Crippen LogP contribution in [0.3, 0.4) is 0 Å². The van der Waals surface area contributed by atoms with Crippen molar-refractivity contribution in [2.45, 2.75) is 18.9 Å². The fourth-order valence-electron chi connectivity index (χ4n) is 4.38. The molecule has 3 heterocycles. The first-order valence-corrected chi connectivity index (χ1v) is 11.8. The predicted molar refractivity (Wildman–Crippen MR) is 138 cm³/mol. The average Bonchev–Trinajstić information content (AvgIpc) is 3.55. The van der Waals surface area contributed by atoms with Gasteiger partial charge in [0.15, 0.2) is 5.78 Å². The molecule has 7 heteroatoms. The summed E-state index contributed by atoms with van der Waals surface area (Å²) in [6.07, 6.45) is 7.32. The molecular formula is C29H26N6O. The minimum absolute atomic E-state index is 0.0302. The van der Waals surface area contributed by atoms with Crippen molar-refractivity contribution in [2.75, 3.05) is 6.54 Å². The summed E-state index contributed by atoms with van der Waals surface area (Å²) in [7, 11) is 1.88. The van der Waals surface area contributed by atoms with Crippen LogP contribution < -0.4 is 5.32 Å². The van der Waals surface area contributed by atoms with E-state index in [1.807, 2.05) is 86.2 Å². The Morgan fingerprint density at radius 3 is 2.42 bits per heavy atom. The highest BCUT2D eigenvalue weighted by Crippen LogP contribution is 2.25. The lowest BCUT2D eigenvalue weighted by Crippen LogP contribution is -2.31. The molecule has 3 aromatic heterocycles. The van der Waals surface area contributed by atoms with Crippen LogP contribution >= 0.6 is 0 Å². The molecule has 178 valence electrons. The number of nitrogens with zero attached hydrogens (tertiary/aromatic N) is 5. The molecule has 0 amide bonds. The summed E-state index contributed by atoms with van der Waals surface area (Å²) in [5.74, 6) is 0.125. The van der Waals surface area contributed by atoms with Crippen LogP contribution in [0.15, 0.2) is 91.5 Å². The van der Waals surface area contributed by atoms with Crippen molar-refractivity contribution in [3.05, 3.63) is 114 Å². The van der Waals surface area contributed by atoms with Crippen LogP contribution in [-0.2, 0) is 7.05 Å². The molecule has 0 bridgehead atoms. The molecular weight excluding hydrogens is 448 g/mol. The second kappa shape index (κ2) is 9.98. The lowest BCUT2D eigenvalue weighted by Gasteiger charge is -2.21. The van der Waals surface area contributed by atoms with Crippen LogP contribution in [0.5, 0.6) is 0 Å². The zero-order valence-corrected chi connectivity index (χ0v) is 20.2. The van der Waals surface area contributed by atoms with E-state index in [0.717, 1.165) is 27.8 Å². The zero-order valence-electron chi connectivity index (χ0n) is 20.2. The van der Waals surface area contributed by atoms with Crippen LogP contribution in [0.25, 0.3) is 16.6 Å². The molecule has 0 saturated heterocycles. The molecule has 0 aliphatic heterocycles. The molecule has 2 atom stereocenters. The van der Waals surface area contributed by atoms with Gasteiger partial charge in [-0.05, 0) is 35.2 Å². The Morgan fingerprint density at radius 1 is 0.944 bits per heavy atom. The van der Waals surface area contributed by atoms with Gasteiger partial charge in [0.05, 0.1) is 41.1 Å². The molecule has 0 aliphatic carbocycles. The third-order valence-electron chi connectivity index (χ3n) is 6.45. The summed E-state index contributed by atoms with van der Waals surface area (Å²) in [5, 5.41) is 21.3. The summed E-state index contributed by atoms with van der Waals surface area (Å²) < 4.78 is 3.50. The van der Waals surface area contributed by atoms with Gasteiger partial charge in [-0.2, -0.15) is 15.5 Å². The predicted octanol–water partition coefficient (Wildman–Crippen LogP) is 4.92. The number of pyridine rings is 1. The number of benzene rings is 2. The number of hydrogen-bond acceptors (Lipinski definition) is 5. The van der Waals surface area contributed by atoms with Crippen molar-refractivity contribution in [2.24, 2.45) is 7.05 Å². The topological polar surface area (TPSA) is 88.0 Å². The number of Topliss-reactive ketones (excluding diaryl/α,β-unsaturated/α-hetero) is 1.